The highest BCUT2D eigenvalue weighted by molar-refractivity contribution is 6.01. The molecule has 13 heteroatoms. The van der Waals surface area contributed by atoms with Gasteiger partial charge in [0.05, 0.1) is 17.9 Å². The van der Waals surface area contributed by atoms with E-state index in [0.29, 0.717) is 5.56 Å². The van der Waals surface area contributed by atoms with Gasteiger partial charge in [0.25, 0.3) is 11.6 Å². The van der Waals surface area contributed by atoms with Gasteiger partial charge in [0, 0.05) is 12.1 Å². The first-order valence-corrected chi connectivity index (χ1v) is 10.8. The molecule has 3 N–H and O–H groups in total. The first kappa shape index (κ1) is 29.1. The predicted octanol–water partition coefficient (Wildman–Crippen LogP) is 2.90. The number of guanidine groups is 1. The smallest absolute Gasteiger partial charge is 0.414 e. The topological polar surface area (TPSA) is 170 Å². The lowest BCUT2D eigenvalue weighted by Gasteiger charge is -2.21. The van der Waals surface area contributed by atoms with Gasteiger partial charge in [-0.05, 0) is 64.7 Å². The van der Waals surface area contributed by atoms with Crippen LogP contribution in [0.15, 0.2) is 23.4 Å². The van der Waals surface area contributed by atoms with Crippen molar-refractivity contribution in [1.82, 2.24) is 16.0 Å². The molecule has 0 heterocycles. The third-order valence-corrected chi connectivity index (χ3v) is 3.80. The Morgan fingerprint density at radius 3 is 2.03 bits per heavy atom. The number of ether oxygens (including phenoxy) is 2. The number of carbonyl (C=O) groups excluding carboxylic acids is 3. The predicted molar refractivity (Wildman–Crippen MR) is 127 cm³/mol. The van der Waals surface area contributed by atoms with Crippen LogP contribution in [0.2, 0.25) is 0 Å². The SMILES string of the molecule is Cc1ccc([N+](=O)[O-])cc1CC(=O)NCCON=C(NC(=O)OC(C)(C)C)NC(=O)OC(C)(C)C. The van der Waals surface area contributed by atoms with E-state index in [-0.39, 0.29) is 37.1 Å². The fourth-order valence-corrected chi connectivity index (χ4v) is 2.42. The molecule has 0 atom stereocenters. The van der Waals surface area contributed by atoms with Gasteiger partial charge >= 0.3 is 12.2 Å². The van der Waals surface area contributed by atoms with E-state index in [9.17, 15) is 24.5 Å². The average molecular weight is 496 g/mol. The Balaban J connectivity index is 2.66. The second kappa shape index (κ2) is 12.5. The molecule has 0 spiro atoms. The zero-order valence-corrected chi connectivity index (χ0v) is 21.0. The molecule has 1 aromatic rings. The molecular weight excluding hydrogens is 462 g/mol. The minimum atomic E-state index is -0.878. The van der Waals surface area contributed by atoms with Crippen molar-refractivity contribution in [3.63, 3.8) is 0 Å². The van der Waals surface area contributed by atoms with E-state index in [0.717, 1.165) is 5.56 Å². The van der Waals surface area contributed by atoms with Crippen LogP contribution in [0.25, 0.3) is 0 Å². The van der Waals surface area contributed by atoms with Gasteiger partial charge in [0.15, 0.2) is 0 Å². The molecule has 35 heavy (non-hydrogen) atoms. The Morgan fingerprint density at radius 1 is 1.00 bits per heavy atom. The minimum Gasteiger partial charge on any atom is -0.444 e. The highest BCUT2D eigenvalue weighted by atomic mass is 16.6. The van der Waals surface area contributed by atoms with Gasteiger partial charge in [0.1, 0.15) is 17.8 Å². The van der Waals surface area contributed by atoms with Crippen molar-refractivity contribution in [3.05, 3.63) is 39.4 Å². The van der Waals surface area contributed by atoms with Crippen molar-refractivity contribution in [3.8, 4) is 0 Å². The summed E-state index contributed by atoms with van der Waals surface area (Å²) in [6, 6.07) is 4.30. The number of non-ortho nitro benzene ring substituents is 1. The number of nitro groups is 1. The monoisotopic (exact) mass is 495 g/mol. The van der Waals surface area contributed by atoms with Crippen LogP contribution >= 0.6 is 0 Å². The maximum atomic E-state index is 12.2. The van der Waals surface area contributed by atoms with Gasteiger partial charge in [-0.25, -0.2) is 9.59 Å². The van der Waals surface area contributed by atoms with Gasteiger partial charge in [-0.15, -0.1) is 0 Å². The van der Waals surface area contributed by atoms with Crippen LogP contribution < -0.4 is 16.0 Å². The maximum absolute atomic E-state index is 12.2. The van der Waals surface area contributed by atoms with E-state index >= 15 is 0 Å². The molecule has 0 aromatic heterocycles. The van der Waals surface area contributed by atoms with Crippen molar-refractivity contribution in [1.29, 1.82) is 0 Å². The Hall–Kier alpha value is -3.90. The van der Waals surface area contributed by atoms with Gasteiger partial charge in [0.2, 0.25) is 5.91 Å². The Bertz CT molecular complexity index is 932. The minimum absolute atomic E-state index is 0.0441. The Labute approximate surface area is 203 Å². The average Bonchev–Trinajstić information content (AvgIpc) is 2.66. The lowest BCUT2D eigenvalue weighted by atomic mass is 10.0. The zero-order valence-electron chi connectivity index (χ0n) is 21.0. The molecule has 0 aliphatic rings. The second-order valence-electron chi connectivity index (χ2n) is 9.42. The van der Waals surface area contributed by atoms with Crippen LogP contribution in [0.5, 0.6) is 0 Å². The van der Waals surface area contributed by atoms with Gasteiger partial charge in [-0.2, -0.15) is 0 Å². The molecule has 13 nitrogen and oxygen atoms in total. The molecule has 0 bridgehead atoms. The molecule has 0 unspecified atom stereocenters. The van der Waals surface area contributed by atoms with Crippen LogP contribution in [0.1, 0.15) is 52.7 Å². The number of alkyl carbamates (subject to hydrolysis) is 2. The lowest BCUT2D eigenvalue weighted by Crippen LogP contribution is -2.47. The van der Waals surface area contributed by atoms with E-state index in [1.54, 1.807) is 54.5 Å². The molecule has 3 amide bonds. The van der Waals surface area contributed by atoms with Crippen LogP contribution in [-0.4, -0.2) is 53.3 Å². The largest absolute Gasteiger partial charge is 0.444 e. The standard InChI is InChI=1S/C22H33N5O8/c1-14-8-9-16(27(31)32)12-15(14)13-17(28)23-10-11-33-26-18(24-19(29)34-21(2,3)4)25-20(30)35-22(5,6)7/h8-9,12H,10-11,13H2,1-7H3,(H,23,28)(H2,24,25,26,29,30). The van der Waals surface area contributed by atoms with Crippen LogP contribution in [0.4, 0.5) is 15.3 Å². The fourth-order valence-electron chi connectivity index (χ4n) is 2.42. The normalized spacial score (nSPS) is 11.1. The van der Waals surface area contributed by atoms with E-state index in [1.165, 1.54) is 12.1 Å². The molecule has 1 aromatic carbocycles. The zero-order chi connectivity index (χ0) is 26.8. The van der Waals surface area contributed by atoms with E-state index in [1.807, 2.05) is 0 Å². The van der Waals surface area contributed by atoms with Crippen molar-refractivity contribution in [2.24, 2.45) is 5.16 Å². The summed E-state index contributed by atoms with van der Waals surface area (Å²) in [6.07, 6.45) is -1.81. The highest BCUT2D eigenvalue weighted by Gasteiger charge is 2.21. The fraction of sp³-hybridized carbons (Fsp3) is 0.545. The number of carbonyl (C=O) groups is 3. The van der Waals surface area contributed by atoms with Gasteiger partial charge in [-0.1, -0.05) is 6.07 Å². The number of hydrogen-bond donors (Lipinski definition) is 3. The molecule has 0 radical (unpaired) electrons. The summed E-state index contributed by atoms with van der Waals surface area (Å²) in [4.78, 5) is 51.7. The van der Waals surface area contributed by atoms with Crippen LogP contribution in [-0.2, 0) is 25.5 Å². The number of aryl methyl sites for hydroxylation is 1. The summed E-state index contributed by atoms with van der Waals surface area (Å²) < 4.78 is 10.2. The number of nitrogens with one attached hydrogen (secondary N) is 3. The summed E-state index contributed by atoms with van der Waals surface area (Å²) >= 11 is 0. The summed E-state index contributed by atoms with van der Waals surface area (Å²) in [5.41, 5.74) is -0.398. The third-order valence-electron chi connectivity index (χ3n) is 3.80. The summed E-state index contributed by atoms with van der Waals surface area (Å²) in [5, 5.41) is 21.7. The number of hydrogen-bond acceptors (Lipinski definition) is 9. The molecule has 1 rings (SSSR count). The number of amides is 3. The van der Waals surface area contributed by atoms with Crippen LogP contribution in [0.3, 0.4) is 0 Å². The Kier molecular flexibility index (Phi) is 10.4. The molecule has 194 valence electrons. The molecular formula is C22H33N5O8. The maximum Gasteiger partial charge on any atom is 0.414 e. The van der Waals surface area contributed by atoms with Crippen molar-refractivity contribution < 1.29 is 33.6 Å². The molecule has 0 saturated carbocycles. The summed E-state index contributed by atoms with van der Waals surface area (Å²) in [7, 11) is 0. The van der Waals surface area contributed by atoms with Crippen molar-refractivity contribution in [2.75, 3.05) is 13.2 Å². The molecule has 0 fully saturated rings. The van der Waals surface area contributed by atoms with Crippen LogP contribution in [0, 0.1) is 17.0 Å². The first-order chi connectivity index (χ1) is 16.1. The second-order valence-corrected chi connectivity index (χ2v) is 9.42. The van der Waals surface area contributed by atoms with E-state index in [2.05, 4.69) is 21.1 Å². The number of rotatable bonds is 7. The number of oxime groups is 1. The highest BCUT2D eigenvalue weighted by Crippen LogP contribution is 2.17. The van der Waals surface area contributed by atoms with Crippen molar-refractivity contribution in [2.45, 2.75) is 66.1 Å². The van der Waals surface area contributed by atoms with E-state index in [4.69, 9.17) is 14.3 Å². The Morgan fingerprint density at radius 2 is 1.54 bits per heavy atom. The molecule has 0 aliphatic carbocycles. The molecule has 0 aliphatic heterocycles. The first-order valence-electron chi connectivity index (χ1n) is 10.8. The lowest BCUT2D eigenvalue weighted by molar-refractivity contribution is -0.384. The quantitative estimate of drug-likeness (QED) is 0.170. The molecule has 0 saturated heterocycles. The van der Waals surface area contributed by atoms with Gasteiger partial charge < -0.3 is 19.6 Å². The van der Waals surface area contributed by atoms with Gasteiger partial charge in [-0.3, -0.25) is 25.5 Å². The van der Waals surface area contributed by atoms with Crippen molar-refractivity contribution >= 4 is 29.7 Å². The number of benzene rings is 1. The number of nitrogens with zero attached hydrogens (tertiary/aromatic N) is 2. The summed E-state index contributed by atoms with van der Waals surface area (Å²) in [6.45, 7) is 11.7. The van der Waals surface area contributed by atoms with E-state index < -0.39 is 28.3 Å². The number of nitro benzene ring substituents is 1. The summed E-state index contributed by atoms with van der Waals surface area (Å²) in [5.74, 6) is -0.743. The third kappa shape index (κ3) is 12.8.